The fourth-order valence-electron chi connectivity index (χ4n) is 1.96. The minimum atomic E-state index is 0.279. The molecule has 0 radical (unpaired) electrons. The van der Waals surface area contributed by atoms with E-state index >= 15 is 0 Å². The van der Waals surface area contributed by atoms with E-state index in [0.29, 0.717) is 18.5 Å². The van der Waals surface area contributed by atoms with Crippen LogP contribution in [0.2, 0.25) is 0 Å². The summed E-state index contributed by atoms with van der Waals surface area (Å²) in [6.45, 7) is 13.3. The Morgan fingerprint density at radius 3 is 2.31 bits per heavy atom. The summed E-state index contributed by atoms with van der Waals surface area (Å²) in [5.74, 6) is 0.707. The molecule has 16 heavy (non-hydrogen) atoms. The molecule has 0 bridgehead atoms. The van der Waals surface area contributed by atoms with Crippen molar-refractivity contribution < 1.29 is 9.47 Å². The summed E-state index contributed by atoms with van der Waals surface area (Å²) >= 11 is 0. The van der Waals surface area contributed by atoms with Gasteiger partial charge in [-0.2, -0.15) is 0 Å². The molecule has 0 amide bonds. The van der Waals surface area contributed by atoms with Crippen LogP contribution in [0.4, 0.5) is 0 Å². The summed E-state index contributed by atoms with van der Waals surface area (Å²) in [5.41, 5.74) is 0.279. The maximum absolute atomic E-state index is 5.75. The molecule has 3 heteroatoms. The van der Waals surface area contributed by atoms with E-state index in [0.717, 1.165) is 25.9 Å². The van der Waals surface area contributed by atoms with Crippen LogP contribution >= 0.6 is 0 Å². The van der Waals surface area contributed by atoms with Gasteiger partial charge < -0.3 is 9.47 Å². The van der Waals surface area contributed by atoms with Gasteiger partial charge in [0.05, 0.1) is 13.2 Å². The van der Waals surface area contributed by atoms with E-state index in [1.165, 1.54) is 0 Å². The smallest absolute Gasteiger partial charge is 0.114 e. The first-order valence-corrected chi connectivity index (χ1v) is 6.02. The van der Waals surface area contributed by atoms with Crippen molar-refractivity contribution in [1.82, 2.24) is 4.90 Å². The van der Waals surface area contributed by atoms with Gasteiger partial charge >= 0.3 is 0 Å². The Bertz CT molecular complexity index is 225. The molecule has 0 spiro atoms. The number of hydrogen-bond acceptors (Lipinski definition) is 3. The second-order valence-electron chi connectivity index (χ2n) is 5.41. The highest BCUT2D eigenvalue weighted by molar-refractivity contribution is 4.85. The number of rotatable bonds is 4. The number of piperidine rings is 1. The first-order chi connectivity index (χ1) is 7.43. The monoisotopic (exact) mass is 227 g/mol. The van der Waals surface area contributed by atoms with Gasteiger partial charge in [0.15, 0.2) is 0 Å². The number of hydrogen-bond donors (Lipinski definition) is 0. The molecule has 1 aliphatic heterocycles. The van der Waals surface area contributed by atoms with Crippen LogP contribution in [0.1, 0.15) is 33.6 Å². The van der Waals surface area contributed by atoms with Gasteiger partial charge in [-0.15, -0.1) is 0 Å². The zero-order valence-electron chi connectivity index (χ0n) is 11.1. The van der Waals surface area contributed by atoms with Gasteiger partial charge in [0.1, 0.15) is 12.4 Å². The van der Waals surface area contributed by atoms with Crippen LogP contribution in [0.25, 0.3) is 0 Å². The van der Waals surface area contributed by atoms with Crippen molar-refractivity contribution in [2.24, 2.45) is 0 Å². The lowest BCUT2D eigenvalue weighted by molar-refractivity contribution is -0.0139. The Morgan fingerprint density at radius 2 is 1.88 bits per heavy atom. The number of ether oxygens (including phenoxy) is 2. The second-order valence-corrected chi connectivity index (χ2v) is 5.41. The summed E-state index contributed by atoms with van der Waals surface area (Å²) in [6.07, 6.45) is 2.58. The van der Waals surface area contributed by atoms with Crippen LogP contribution < -0.4 is 0 Å². The Kier molecular flexibility index (Phi) is 4.81. The molecule has 0 unspecified atom stereocenters. The van der Waals surface area contributed by atoms with Crippen molar-refractivity contribution in [3.05, 3.63) is 12.3 Å². The molecule has 0 saturated carbocycles. The third kappa shape index (κ3) is 4.14. The zero-order chi connectivity index (χ0) is 12.2. The molecule has 1 heterocycles. The predicted octanol–water partition coefficient (Wildman–Crippen LogP) is 2.43. The molecular weight excluding hydrogens is 202 g/mol. The van der Waals surface area contributed by atoms with Gasteiger partial charge in [-0.1, -0.05) is 6.58 Å². The van der Waals surface area contributed by atoms with E-state index in [9.17, 15) is 0 Å². The summed E-state index contributed by atoms with van der Waals surface area (Å²) < 4.78 is 10.7. The Balaban J connectivity index is 2.25. The molecule has 1 aliphatic rings. The van der Waals surface area contributed by atoms with Crippen molar-refractivity contribution in [3.8, 4) is 0 Å². The molecule has 94 valence electrons. The molecule has 1 rings (SSSR count). The van der Waals surface area contributed by atoms with Crippen molar-refractivity contribution in [3.63, 3.8) is 0 Å². The van der Waals surface area contributed by atoms with Crippen LogP contribution in [0.15, 0.2) is 12.3 Å². The lowest BCUT2D eigenvalue weighted by Crippen LogP contribution is -2.47. The SMILES string of the molecule is C=C(COC1CCN(C(C)(C)C)CC1)OC. The van der Waals surface area contributed by atoms with Crippen LogP contribution in [0.3, 0.4) is 0 Å². The average molecular weight is 227 g/mol. The largest absolute Gasteiger partial charge is 0.499 e. The van der Waals surface area contributed by atoms with Crippen LogP contribution in [0.5, 0.6) is 0 Å². The van der Waals surface area contributed by atoms with Gasteiger partial charge in [-0.25, -0.2) is 0 Å². The van der Waals surface area contributed by atoms with E-state index in [-0.39, 0.29) is 5.54 Å². The predicted molar refractivity (Wildman–Crippen MR) is 66.4 cm³/mol. The fraction of sp³-hybridized carbons (Fsp3) is 0.846. The summed E-state index contributed by atoms with van der Waals surface area (Å²) in [5, 5.41) is 0. The highest BCUT2D eigenvalue weighted by atomic mass is 16.5. The molecule has 0 aromatic carbocycles. The lowest BCUT2D eigenvalue weighted by atomic mass is 9.99. The van der Waals surface area contributed by atoms with Gasteiger partial charge in [0, 0.05) is 18.6 Å². The van der Waals surface area contributed by atoms with Gasteiger partial charge in [0.2, 0.25) is 0 Å². The fourth-order valence-corrected chi connectivity index (χ4v) is 1.96. The van der Waals surface area contributed by atoms with Gasteiger partial charge in [-0.3, -0.25) is 4.90 Å². The molecule has 0 aliphatic carbocycles. The van der Waals surface area contributed by atoms with Crippen molar-refractivity contribution in [2.75, 3.05) is 26.8 Å². The molecular formula is C13H25NO2. The molecule has 1 fully saturated rings. The highest BCUT2D eigenvalue weighted by Gasteiger charge is 2.27. The number of likely N-dealkylation sites (tertiary alicyclic amines) is 1. The van der Waals surface area contributed by atoms with E-state index in [4.69, 9.17) is 9.47 Å². The third-order valence-electron chi connectivity index (χ3n) is 3.16. The van der Waals surface area contributed by atoms with Crippen LogP contribution in [-0.4, -0.2) is 43.3 Å². The standard InChI is InChI=1S/C13H25NO2/c1-11(15-5)10-16-12-6-8-14(9-7-12)13(2,3)4/h12H,1,6-10H2,2-5H3. The maximum atomic E-state index is 5.75. The van der Waals surface area contributed by atoms with E-state index in [2.05, 4.69) is 32.3 Å². The van der Waals surface area contributed by atoms with E-state index in [1.807, 2.05) is 0 Å². The maximum Gasteiger partial charge on any atom is 0.114 e. The highest BCUT2D eigenvalue weighted by Crippen LogP contribution is 2.21. The van der Waals surface area contributed by atoms with Crippen molar-refractivity contribution in [1.29, 1.82) is 0 Å². The number of methoxy groups -OCH3 is 1. The summed E-state index contributed by atoms with van der Waals surface area (Å²) in [7, 11) is 1.63. The summed E-state index contributed by atoms with van der Waals surface area (Å²) in [4.78, 5) is 2.51. The second kappa shape index (κ2) is 5.69. The van der Waals surface area contributed by atoms with Crippen molar-refractivity contribution >= 4 is 0 Å². The minimum absolute atomic E-state index is 0.279. The Hall–Kier alpha value is -0.540. The van der Waals surface area contributed by atoms with Crippen LogP contribution in [-0.2, 0) is 9.47 Å². The molecule has 3 nitrogen and oxygen atoms in total. The zero-order valence-corrected chi connectivity index (χ0v) is 11.1. The van der Waals surface area contributed by atoms with E-state index in [1.54, 1.807) is 7.11 Å². The molecule has 0 N–H and O–H groups in total. The third-order valence-corrected chi connectivity index (χ3v) is 3.16. The lowest BCUT2D eigenvalue weighted by Gasteiger charge is -2.40. The average Bonchev–Trinajstić information content (AvgIpc) is 2.25. The summed E-state index contributed by atoms with van der Waals surface area (Å²) in [6, 6.07) is 0. The molecule has 1 saturated heterocycles. The van der Waals surface area contributed by atoms with Gasteiger partial charge in [0.25, 0.3) is 0 Å². The number of nitrogens with zero attached hydrogens (tertiary/aromatic N) is 1. The minimum Gasteiger partial charge on any atom is -0.499 e. The Labute approximate surface area is 99.4 Å². The first kappa shape index (κ1) is 13.5. The topological polar surface area (TPSA) is 21.7 Å². The quantitative estimate of drug-likeness (QED) is 0.689. The van der Waals surface area contributed by atoms with Crippen LogP contribution in [0, 0.1) is 0 Å². The molecule has 0 aromatic heterocycles. The normalized spacial score (nSPS) is 19.8. The Morgan fingerprint density at radius 1 is 1.31 bits per heavy atom. The van der Waals surface area contributed by atoms with E-state index < -0.39 is 0 Å². The van der Waals surface area contributed by atoms with Crippen molar-refractivity contribution in [2.45, 2.75) is 45.3 Å². The molecule has 0 atom stereocenters. The molecule has 0 aromatic rings. The first-order valence-electron chi connectivity index (χ1n) is 6.02. The van der Waals surface area contributed by atoms with Gasteiger partial charge in [-0.05, 0) is 33.6 Å².